The lowest BCUT2D eigenvalue weighted by Gasteiger charge is -2.08. The van der Waals surface area contributed by atoms with Crippen LogP contribution < -0.4 is 0 Å². The number of carboxylic acids is 1. The Bertz CT molecular complexity index is 269. The van der Waals surface area contributed by atoms with Crippen molar-refractivity contribution in [3.05, 3.63) is 24.2 Å². The lowest BCUT2D eigenvalue weighted by Crippen LogP contribution is -2.15. The Hall–Kier alpha value is -0.900. The van der Waals surface area contributed by atoms with Gasteiger partial charge in [-0.15, -0.1) is 11.8 Å². The highest BCUT2D eigenvalue weighted by Gasteiger charge is 2.16. The molecule has 0 amide bonds. The van der Waals surface area contributed by atoms with Gasteiger partial charge in [-0.2, -0.15) is 0 Å². The number of hydrogen-bond acceptors (Lipinski definition) is 3. The Balaban J connectivity index is 2.37. The average Bonchev–Trinajstić information content (AvgIpc) is 2.64. The van der Waals surface area contributed by atoms with Gasteiger partial charge in [0.1, 0.15) is 11.0 Å². The topological polar surface area (TPSA) is 50.4 Å². The third-order valence-electron chi connectivity index (χ3n) is 1.83. The van der Waals surface area contributed by atoms with Crippen molar-refractivity contribution in [3.63, 3.8) is 0 Å². The molecule has 0 aliphatic heterocycles. The first-order chi connectivity index (χ1) is 6.74. The molecule has 0 spiro atoms. The van der Waals surface area contributed by atoms with Crippen LogP contribution in [0.15, 0.2) is 22.8 Å². The maximum Gasteiger partial charge on any atom is 0.316 e. The fraction of sp³-hybridized carbons (Fsp3) is 0.500. The first-order valence-corrected chi connectivity index (χ1v) is 5.65. The van der Waals surface area contributed by atoms with Gasteiger partial charge in [-0.05, 0) is 18.6 Å². The second kappa shape index (κ2) is 5.75. The number of aliphatic carboxylic acids is 1. The van der Waals surface area contributed by atoms with Crippen LogP contribution in [0.5, 0.6) is 0 Å². The summed E-state index contributed by atoms with van der Waals surface area (Å²) in [5, 5.41) is 8.57. The summed E-state index contributed by atoms with van der Waals surface area (Å²) in [4.78, 5) is 10.8. The summed E-state index contributed by atoms with van der Waals surface area (Å²) in [5.41, 5.74) is 0. The van der Waals surface area contributed by atoms with E-state index in [4.69, 9.17) is 9.52 Å². The number of rotatable bonds is 6. The summed E-state index contributed by atoms with van der Waals surface area (Å²) >= 11 is 1.42. The van der Waals surface area contributed by atoms with E-state index in [1.165, 1.54) is 11.8 Å². The van der Waals surface area contributed by atoms with Crippen LogP contribution in [-0.2, 0) is 10.5 Å². The molecule has 1 heterocycles. The molecule has 1 atom stereocenters. The smallest absolute Gasteiger partial charge is 0.316 e. The van der Waals surface area contributed by atoms with Gasteiger partial charge in [0.05, 0.1) is 12.0 Å². The molecule has 1 aromatic heterocycles. The van der Waals surface area contributed by atoms with Crippen molar-refractivity contribution in [3.8, 4) is 0 Å². The number of thioether (sulfide) groups is 1. The Morgan fingerprint density at radius 1 is 1.71 bits per heavy atom. The van der Waals surface area contributed by atoms with Gasteiger partial charge in [0.25, 0.3) is 0 Å². The fourth-order valence-corrected chi connectivity index (χ4v) is 2.19. The molecule has 1 rings (SSSR count). The molecular weight excluding hydrogens is 200 g/mol. The zero-order chi connectivity index (χ0) is 10.4. The summed E-state index contributed by atoms with van der Waals surface area (Å²) in [6.07, 6.45) is 3.20. The van der Waals surface area contributed by atoms with Crippen LogP contribution in [0.25, 0.3) is 0 Å². The first kappa shape index (κ1) is 11.2. The maximum atomic E-state index is 10.8. The summed E-state index contributed by atoms with van der Waals surface area (Å²) < 4.78 is 5.13. The third-order valence-corrected chi connectivity index (χ3v) is 3.12. The molecule has 0 radical (unpaired) electrons. The van der Waals surface area contributed by atoms with Crippen molar-refractivity contribution in [2.45, 2.75) is 30.8 Å². The van der Waals surface area contributed by atoms with Crippen molar-refractivity contribution in [2.75, 3.05) is 0 Å². The summed E-state index contributed by atoms with van der Waals surface area (Å²) in [5.74, 6) is 0.727. The Kier molecular flexibility index (Phi) is 4.59. The lowest BCUT2D eigenvalue weighted by atomic mass is 10.2. The van der Waals surface area contributed by atoms with Crippen LogP contribution in [0.3, 0.4) is 0 Å². The van der Waals surface area contributed by atoms with Gasteiger partial charge in [0.2, 0.25) is 0 Å². The highest BCUT2D eigenvalue weighted by atomic mass is 32.2. The predicted octanol–water partition coefficient (Wildman–Crippen LogP) is 2.77. The molecular formula is C10H14O3S. The second-order valence-corrected chi connectivity index (χ2v) is 4.20. The van der Waals surface area contributed by atoms with E-state index in [-0.39, 0.29) is 5.25 Å². The van der Waals surface area contributed by atoms with E-state index in [1.54, 1.807) is 6.26 Å². The summed E-state index contributed by atoms with van der Waals surface area (Å²) in [6.45, 7) is 1.99. The fourth-order valence-electron chi connectivity index (χ4n) is 1.12. The van der Waals surface area contributed by atoms with Crippen molar-refractivity contribution in [1.29, 1.82) is 0 Å². The molecule has 0 aliphatic rings. The molecule has 0 aromatic carbocycles. The highest BCUT2D eigenvalue weighted by molar-refractivity contribution is 7.99. The summed E-state index contributed by atoms with van der Waals surface area (Å²) in [6, 6.07) is 3.67. The van der Waals surface area contributed by atoms with Gasteiger partial charge < -0.3 is 9.52 Å². The van der Waals surface area contributed by atoms with E-state index in [2.05, 4.69) is 0 Å². The molecule has 0 aliphatic carbocycles. The van der Waals surface area contributed by atoms with Gasteiger partial charge in [0, 0.05) is 0 Å². The average molecular weight is 214 g/mol. The zero-order valence-electron chi connectivity index (χ0n) is 8.10. The van der Waals surface area contributed by atoms with Crippen LogP contribution in [0.1, 0.15) is 25.5 Å². The Morgan fingerprint density at radius 2 is 2.50 bits per heavy atom. The highest BCUT2D eigenvalue weighted by Crippen LogP contribution is 2.21. The molecule has 14 heavy (non-hydrogen) atoms. The minimum absolute atomic E-state index is 0.315. The lowest BCUT2D eigenvalue weighted by molar-refractivity contribution is -0.136. The maximum absolute atomic E-state index is 10.8. The van der Waals surface area contributed by atoms with Gasteiger partial charge in [-0.3, -0.25) is 4.79 Å². The van der Waals surface area contributed by atoms with Crippen LogP contribution in [0, 0.1) is 0 Å². The van der Waals surface area contributed by atoms with E-state index in [1.807, 2.05) is 19.1 Å². The van der Waals surface area contributed by atoms with Gasteiger partial charge in [-0.1, -0.05) is 13.3 Å². The number of furan rings is 1. The quantitative estimate of drug-likeness (QED) is 0.791. The predicted molar refractivity (Wildman–Crippen MR) is 56.3 cm³/mol. The normalized spacial score (nSPS) is 12.6. The molecule has 0 fully saturated rings. The van der Waals surface area contributed by atoms with Crippen LogP contribution in [0.4, 0.5) is 0 Å². The van der Waals surface area contributed by atoms with Crippen LogP contribution >= 0.6 is 11.8 Å². The van der Waals surface area contributed by atoms with Crippen LogP contribution in [-0.4, -0.2) is 16.3 Å². The molecule has 0 bridgehead atoms. The van der Waals surface area contributed by atoms with E-state index < -0.39 is 5.97 Å². The largest absolute Gasteiger partial charge is 0.480 e. The first-order valence-electron chi connectivity index (χ1n) is 4.60. The van der Waals surface area contributed by atoms with E-state index in [9.17, 15) is 4.79 Å². The van der Waals surface area contributed by atoms with Crippen LogP contribution in [0.2, 0.25) is 0 Å². The SMILES string of the molecule is CCCC(SCc1ccco1)C(=O)O. The summed E-state index contributed by atoms with van der Waals surface area (Å²) in [7, 11) is 0. The third kappa shape index (κ3) is 3.46. The molecule has 1 N–H and O–H groups in total. The van der Waals surface area contributed by atoms with Gasteiger partial charge in [-0.25, -0.2) is 0 Å². The minimum atomic E-state index is -0.733. The number of carbonyl (C=O) groups is 1. The molecule has 4 heteroatoms. The van der Waals surface area contributed by atoms with E-state index in [0.717, 1.165) is 12.2 Å². The second-order valence-electron chi connectivity index (χ2n) is 3.01. The Labute approximate surface area is 87.5 Å². The number of hydrogen-bond donors (Lipinski definition) is 1. The standard InChI is InChI=1S/C10H14O3S/c1-2-4-9(10(11)12)14-7-8-5-3-6-13-8/h3,5-6,9H,2,4,7H2,1H3,(H,11,12). The molecule has 0 saturated carbocycles. The van der Waals surface area contributed by atoms with Crippen molar-refractivity contribution < 1.29 is 14.3 Å². The Morgan fingerprint density at radius 3 is 3.00 bits per heavy atom. The van der Waals surface area contributed by atoms with Crippen molar-refractivity contribution >= 4 is 17.7 Å². The van der Waals surface area contributed by atoms with E-state index >= 15 is 0 Å². The number of carboxylic acid groups (broad SMARTS) is 1. The zero-order valence-corrected chi connectivity index (χ0v) is 8.92. The molecule has 1 aromatic rings. The molecule has 3 nitrogen and oxygen atoms in total. The molecule has 0 saturated heterocycles. The van der Waals surface area contributed by atoms with E-state index in [0.29, 0.717) is 12.2 Å². The van der Waals surface area contributed by atoms with Gasteiger partial charge in [0.15, 0.2) is 0 Å². The molecule has 1 unspecified atom stereocenters. The minimum Gasteiger partial charge on any atom is -0.480 e. The van der Waals surface area contributed by atoms with Crippen molar-refractivity contribution in [1.82, 2.24) is 0 Å². The monoisotopic (exact) mass is 214 g/mol. The van der Waals surface area contributed by atoms with Crippen molar-refractivity contribution in [2.24, 2.45) is 0 Å². The molecule has 78 valence electrons. The van der Waals surface area contributed by atoms with Gasteiger partial charge >= 0.3 is 5.97 Å².